The van der Waals surface area contributed by atoms with Gasteiger partial charge in [0.25, 0.3) is 10.0 Å². The lowest BCUT2D eigenvalue weighted by Crippen LogP contribution is -2.27. The zero-order chi connectivity index (χ0) is 13.0. The maximum absolute atomic E-state index is 13.3. The molecule has 0 bridgehead atoms. The highest BCUT2D eigenvalue weighted by Crippen LogP contribution is 2.09. The van der Waals surface area contributed by atoms with Crippen LogP contribution in [-0.2, 0) is 16.4 Å². The Morgan fingerprint density at radius 1 is 1.39 bits per heavy atom. The van der Waals surface area contributed by atoms with Gasteiger partial charge < -0.3 is 4.52 Å². The lowest BCUT2D eigenvalue weighted by Gasteiger charge is -2.04. The van der Waals surface area contributed by atoms with E-state index in [1.165, 1.54) is 12.3 Å². The molecule has 0 fully saturated rings. The maximum Gasteiger partial charge on any atom is 0.261 e. The number of hydrogen-bond donors (Lipinski definition) is 1. The number of aromatic nitrogens is 3. The summed E-state index contributed by atoms with van der Waals surface area (Å²) < 4.78 is 43.4. The molecule has 0 aliphatic rings. The molecule has 9 heteroatoms. The third-order valence-corrected chi connectivity index (χ3v) is 3.42. The van der Waals surface area contributed by atoms with Gasteiger partial charge in [0.05, 0.1) is 0 Å². The Labute approximate surface area is 102 Å². The van der Waals surface area contributed by atoms with Crippen LogP contribution in [-0.4, -0.2) is 30.1 Å². The van der Waals surface area contributed by atoms with Crippen LogP contribution in [0.3, 0.4) is 0 Å². The van der Waals surface area contributed by atoms with Gasteiger partial charge in [-0.3, -0.25) is 0 Å². The number of sulfonamides is 1. The van der Waals surface area contributed by atoms with Crippen LogP contribution in [0.1, 0.15) is 5.82 Å². The molecule has 2 aromatic rings. The summed E-state index contributed by atoms with van der Waals surface area (Å²) in [5.41, 5.74) is 0. The van der Waals surface area contributed by atoms with Gasteiger partial charge in [-0.2, -0.15) is 4.98 Å². The predicted molar refractivity (Wildman–Crippen MR) is 57.4 cm³/mol. The van der Waals surface area contributed by atoms with Crippen molar-refractivity contribution in [1.82, 2.24) is 19.8 Å². The van der Waals surface area contributed by atoms with Crippen molar-refractivity contribution in [2.45, 2.75) is 11.4 Å². The summed E-state index contributed by atoms with van der Waals surface area (Å²) in [5.74, 6) is -0.538. The molecule has 18 heavy (non-hydrogen) atoms. The van der Waals surface area contributed by atoms with E-state index in [0.29, 0.717) is 5.82 Å². The van der Waals surface area contributed by atoms with Crippen molar-refractivity contribution < 1.29 is 17.3 Å². The highest BCUT2D eigenvalue weighted by atomic mass is 32.2. The highest BCUT2D eigenvalue weighted by molar-refractivity contribution is 7.89. The number of halogens is 1. The van der Waals surface area contributed by atoms with Crippen LogP contribution in [0.5, 0.6) is 0 Å². The Morgan fingerprint density at radius 2 is 2.22 bits per heavy atom. The van der Waals surface area contributed by atoms with Gasteiger partial charge in [-0.05, 0) is 12.1 Å². The normalized spacial score (nSPS) is 11.6. The van der Waals surface area contributed by atoms with Crippen LogP contribution in [0, 0.1) is 5.82 Å². The molecule has 0 saturated heterocycles. The Kier molecular flexibility index (Phi) is 3.63. The fourth-order valence-electron chi connectivity index (χ4n) is 1.24. The number of nitrogens with one attached hydrogen (secondary N) is 1. The summed E-state index contributed by atoms with van der Waals surface area (Å²) in [7, 11) is -3.97. The van der Waals surface area contributed by atoms with Gasteiger partial charge in [0, 0.05) is 19.2 Å². The smallest absolute Gasteiger partial charge is 0.261 e. The van der Waals surface area contributed by atoms with Gasteiger partial charge in [0.15, 0.2) is 11.6 Å². The van der Waals surface area contributed by atoms with Crippen molar-refractivity contribution in [3.63, 3.8) is 0 Å². The molecular formula is C9H9FN4O3S. The molecule has 0 aliphatic heterocycles. The molecule has 96 valence electrons. The molecule has 0 spiro atoms. The van der Waals surface area contributed by atoms with Crippen molar-refractivity contribution in [1.29, 1.82) is 0 Å². The number of hydrogen-bond acceptors (Lipinski definition) is 6. The zero-order valence-corrected chi connectivity index (χ0v) is 9.89. The second-order valence-corrected chi connectivity index (χ2v) is 4.97. The molecule has 0 aromatic carbocycles. The molecular weight excluding hydrogens is 263 g/mol. The van der Waals surface area contributed by atoms with E-state index in [1.807, 2.05) is 0 Å². The van der Waals surface area contributed by atoms with E-state index in [-0.39, 0.29) is 13.0 Å². The van der Waals surface area contributed by atoms with Gasteiger partial charge in [-0.1, -0.05) is 5.16 Å². The third kappa shape index (κ3) is 2.87. The van der Waals surface area contributed by atoms with Crippen molar-refractivity contribution in [3.8, 4) is 0 Å². The van der Waals surface area contributed by atoms with Gasteiger partial charge in [-0.25, -0.2) is 22.5 Å². The van der Waals surface area contributed by atoms with E-state index in [4.69, 9.17) is 0 Å². The van der Waals surface area contributed by atoms with Crippen molar-refractivity contribution in [2.75, 3.05) is 6.54 Å². The first kappa shape index (κ1) is 12.6. The summed E-state index contributed by atoms with van der Waals surface area (Å²) in [6.45, 7) is 0.0257. The number of nitrogens with zero attached hydrogens (tertiary/aromatic N) is 3. The third-order valence-electron chi connectivity index (χ3n) is 2.03. The summed E-state index contributed by atoms with van der Waals surface area (Å²) in [5, 5.41) is 2.89. The first-order valence-corrected chi connectivity index (χ1v) is 6.43. The Hall–Kier alpha value is -1.87. The van der Waals surface area contributed by atoms with Crippen molar-refractivity contribution >= 4 is 10.0 Å². The number of rotatable bonds is 5. The van der Waals surface area contributed by atoms with Gasteiger partial charge in [0.1, 0.15) is 0 Å². The average molecular weight is 272 g/mol. The monoisotopic (exact) mass is 272 g/mol. The largest absolute Gasteiger partial charge is 0.343 e. The van der Waals surface area contributed by atoms with Crippen LogP contribution < -0.4 is 4.72 Å². The Morgan fingerprint density at radius 3 is 2.89 bits per heavy atom. The highest BCUT2D eigenvalue weighted by Gasteiger charge is 2.19. The van der Waals surface area contributed by atoms with E-state index >= 15 is 0 Å². The van der Waals surface area contributed by atoms with Crippen molar-refractivity contribution in [3.05, 3.63) is 36.4 Å². The van der Waals surface area contributed by atoms with Crippen molar-refractivity contribution in [2.24, 2.45) is 0 Å². The molecule has 2 heterocycles. The molecule has 0 aliphatic carbocycles. The average Bonchev–Trinajstić information content (AvgIpc) is 2.82. The second kappa shape index (κ2) is 5.19. The first-order valence-electron chi connectivity index (χ1n) is 4.95. The molecule has 2 rings (SSSR count). The minimum Gasteiger partial charge on any atom is -0.343 e. The van der Waals surface area contributed by atoms with Crippen LogP contribution in [0.4, 0.5) is 4.39 Å². The van der Waals surface area contributed by atoms with Gasteiger partial charge in [-0.15, -0.1) is 0 Å². The Balaban J connectivity index is 2.02. The molecule has 7 nitrogen and oxygen atoms in total. The lowest BCUT2D eigenvalue weighted by atomic mass is 10.4. The van der Waals surface area contributed by atoms with E-state index in [2.05, 4.69) is 24.4 Å². The Bertz CT molecular complexity index is 615. The fourth-order valence-corrected chi connectivity index (χ4v) is 2.27. The van der Waals surface area contributed by atoms with Gasteiger partial charge in [0.2, 0.25) is 11.4 Å². The minimum atomic E-state index is -3.97. The standard InChI is InChI=1S/C9H9FN4O3S/c10-7-2-1-4-11-9(7)18(15,16)13-5-3-8-12-6-17-14-8/h1-2,4,6,13H,3,5H2. The summed E-state index contributed by atoms with van der Waals surface area (Å²) >= 11 is 0. The molecule has 2 aromatic heterocycles. The van der Waals surface area contributed by atoms with Crippen LogP contribution in [0.15, 0.2) is 34.3 Å². The topological polar surface area (TPSA) is 98.0 Å². The van der Waals surface area contributed by atoms with Crippen LogP contribution >= 0.6 is 0 Å². The second-order valence-electron chi connectivity index (χ2n) is 3.29. The minimum absolute atomic E-state index is 0.0257. The molecule has 0 amide bonds. The summed E-state index contributed by atoms with van der Waals surface area (Å²) in [6, 6.07) is 2.34. The molecule has 0 radical (unpaired) electrons. The predicted octanol–water partition coefficient (Wildman–Crippen LogP) is 0.125. The molecule has 0 unspecified atom stereocenters. The molecule has 0 saturated carbocycles. The summed E-state index contributed by atoms with van der Waals surface area (Å²) in [6.07, 6.45) is 2.59. The van der Waals surface area contributed by atoms with E-state index in [0.717, 1.165) is 12.5 Å². The fraction of sp³-hybridized carbons (Fsp3) is 0.222. The molecule has 1 N–H and O–H groups in total. The SMILES string of the molecule is O=S(=O)(NCCc1ncon1)c1ncccc1F. The van der Waals surface area contributed by atoms with Crippen LogP contribution in [0.25, 0.3) is 0 Å². The lowest BCUT2D eigenvalue weighted by molar-refractivity contribution is 0.409. The van der Waals surface area contributed by atoms with Crippen LogP contribution in [0.2, 0.25) is 0 Å². The number of pyridine rings is 1. The maximum atomic E-state index is 13.3. The first-order chi connectivity index (χ1) is 8.59. The quantitative estimate of drug-likeness (QED) is 0.830. The van der Waals surface area contributed by atoms with Gasteiger partial charge >= 0.3 is 0 Å². The summed E-state index contributed by atoms with van der Waals surface area (Å²) in [4.78, 5) is 7.21. The van der Waals surface area contributed by atoms with E-state index in [9.17, 15) is 12.8 Å². The zero-order valence-electron chi connectivity index (χ0n) is 9.08. The van der Waals surface area contributed by atoms with E-state index in [1.54, 1.807) is 0 Å². The van der Waals surface area contributed by atoms with E-state index < -0.39 is 20.9 Å². The molecule has 0 atom stereocenters.